The number of nitrogens with two attached hydrogens (primary N) is 1. The largest absolute Gasteiger partial charge is 0.491 e. The van der Waals surface area contributed by atoms with Crippen LogP contribution in [0.25, 0.3) is 0 Å². The zero-order chi connectivity index (χ0) is 18.6. The highest BCUT2D eigenvalue weighted by molar-refractivity contribution is 6.11. The SMILES string of the molecule is NC(=O)NCCN1C(=O)C2(COc3cc4c(cc32)OCO4)c2ccccc21. The first-order valence-corrected chi connectivity index (χ1v) is 8.63. The Kier molecular flexibility index (Phi) is 3.24. The van der Waals surface area contributed by atoms with Crippen molar-refractivity contribution in [2.75, 3.05) is 31.4 Å². The topological polar surface area (TPSA) is 103 Å². The summed E-state index contributed by atoms with van der Waals surface area (Å²) < 4.78 is 16.8. The van der Waals surface area contributed by atoms with E-state index in [0.717, 1.165) is 16.8 Å². The Morgan fingerprint density at radius 1 is 1.11 bits per heavy atom. The number of carbonyl (C=O) groups is 2. The first kappa shape index (κ1) is 15.8. The van der Waals surface area contributed by atoms with Gasteiger partial charge >= 0.3 is 6.03 Å². The number of ether oxygens (including phenoxy) is 3. The van der Waals surface area contributed by atoms with E-state index in [2.05, 4.69) is 5.32 Å². The van der Waals surface area contributed by atoms with E-state index in [-0.39, 0.29) is 25.9 Å². The molecule has 0 saturated heterocycles. The molecule has 8 nitrogen and oxygen atoms in total. The van der Waals surface area contributed by atoms with Crippen molar-refractivity contribution in [1.82, 2.24) is 5.32 Å². The fourth-order valence-corrected chi connectivity index (χ4v) is 4.08. The van der Waals surface area contributed by atoms with Crippen molar-refractivity contribution >= 4 is 17.6 Å². The molecule has 5 rings (SSSR count). The van der Waals surface area contributed by atoms with Crippen LogP contribution >= 0.6 is 0 Å². The summed E-state index contributed by atoms with van der Waals surface area (Å²) in [5.41, 5.74) is 6.67. The minimum atomic E-state index is -0.931. The predicted octanol–water partition coefficient (Wildman–Crippen LogP) is 1.11. The third-order valence-corrected chi connectivity index (χ3v) is 5.28. The van der Waals surface area contributed by atoms with Crippen LogP contribution in [0.3, 0.4) is 0 Å². The lowest BCUT2D eigenvalue weighted by atomic mass is 9.77. The minimum absolute atomic E-state index is 0.0902. The fourth-order valence-electron chi connectivity index (χ4n) is 4.08. The Labute approximate surface area is 154 Å². The van der Waals surface area contributed by atoms with Crippen LogP contribution in [0, 0.1) is 0 Å². The molecule has 1 spiro atoms. The maximum Gasteiger partial charge on any atom is 0.312 e. The summed E-state index contributed by atoms with van der Waals surface area (Å²) in [5.74, 6) is 1.76. The van der Waals surface area contributed by atoms with Crippen molar-refractivity contribution in [3.8, 4) is 17.2 Å². The number of carbonyl (C=O) groups excluding carboxylic acids is 2. The molecule has 0 aliphatic carbocycles. The summed E-state index contributed by atoms with van der Waals surface area (Å²) in [6.07, 6.45) is 0. The van der Waals surface area contributed by atoms with Gasteiger partial charge in [0, 0.05) is 30.4 Å². The average Bonchev–Trinajstić information content (AvgIpc) is 3.32. The lowest BCUT2D eigenvalue weighted by Gasteiger charge is -2.23. The Morgan fingerprint density at radius 3 is 2.70 bits per heavy atom. The highest BCUT2D eigenvalue weighted by Gasteiger charge is 2.57. The molecule has 0 bridgehead atoms. The molecule has 0 fully saturated rings. The van der Waals surface area contributed by atoms with E-state index in [1.54, 1.807) is 11.0 Å². The summed E-state index contributed by atoms with van der Waals surface area (Å²) in [5, 5.41) is 2.53. The molecule has 3 heterocycles. The molecule has 3 amide bonds. The number of rotatable bonds is 3. The Morgan fingerprint density at radius 2 is 1.89 bits per heavy atom. The van der Waals surface area contributed by atoms with Gasteiger partial charge in [-0.25, -0.2) is 4.79 Å². The van der Waals surface area contributed by atoms with Gasteiger partial charge in [-0.15, -0.1) is 0 Å². The van der Waals surface area contributed by atoms with E-state index in [1.807, 2.05) is 30.3 Å². The van der Waals surface area contributed by atoms with Crippen LogP contribution in [-0.4, -0.2) is 38.4 Å². The van der Waals surface area contributed by atoms with E-state index in [0.29, 0.717) is 23.8 Å². The maximum atomic E-state index is 13.6. The lowest BCUT2D eigenvalue weighted by Crippen LogP contribution is -2.45. The third-order valence-electron chi connectivity index (χ3n) is 5.28. The summed E-state index contributed by atoms with van der Waals surface area (Å²) in [6, 6.07) is 10.6. The van der Waals surface area contributed by atoms with E-state index in [1.165, 1.54) is 0 Å². The van der Waals surface area contributed by atoms with E-state index in [4.69, 9.17) is 19.9 Å². The number of para-hydroxylation sites is 1. The third kappa shape index (κ3) is 2.09. The number of anilines is 1. The van der Waals surface area contributed by atoms with Gasteiger partial charge in [-0.1, -0.05) is 18.2 Å². The van der Waals surface area contributed by atoms with Crippen molar-refractivity contribution in [1.29, 1.82) is 0 Å². The van der Waals surface area contributed by atoms with Crippen LogP contribution in [0.1, 0.15) is 11.1 Å². The van der Waals surface area contributed by atoms with Gasteiger partial charge in [0.2, 0.25) is 12.7 Å². The molecule has 1 atom stereocenters. The quantitative estimate of drug-likeness (QED) is 0.846. The van der Waals surface area contributed by atoms with Gasteiger partial charge < -0.3 is 30.2 Å². The van der Waals surface area contributed by atoms with E-state index in [9.17, 15) is 9.59 Å². The second-order valence-electron chi connectivity index (χ2n) is 6.66. The first-order chi connectivity index (χ1) is 13.1. The van der Waals surface area contributed by atoms with Crippen molar-refractivity contribution < 1.29 is 23.8 Å². The van der Waals surface area contributed by atoms with Crippen molar-refractivity contribution in [3.05, 3.63) is 47.5 Å². The number of amides is 3. The number of urea groups is 1. The number of nitrogens with zero attached hydrogens (tertiary/aromatic N) is 1. The molecular weight excluding hydrogens is 350 g/mol. The number of hydrogen-bond acceptors (Lipinski definition) is 5. The smallest absolute Gasteiger partial charge is 0.312 e. The van der Waals surface area contributed by atoms with Gasteiger partial charge in [0.1, 0.15) is 17.8 Å². The fraction of sp³-hybridized carbons (Fsp3) is 0.263. The monoisotopic (exact) mass is 367 g/mol. The van der Waals surface area contributed by atoms with Crippen molar-refractivity contribution in [2.24, 2.45) is 5.73 Å². The molecule has 138 valence electrons. The zero-order valence-corrected chi connectivity index (χ0v) is 14.4. The average molecular weight is 367 g/mol. The van der Waals surface area contributed by atoms with Gasteiger partial charge in [0.05, 0.1) is 0 Å². The highest BCUT2D eigenvalue weighted by atomic mass is 16.7. The Hall–Kier alpha value is -3.42. The van der Waals surface area contributed by atoms with Crippen LogP contribution in [0.4, 0.5) is 10.5 Å². The van der Waals surface area contributed by atoms with Crippen LogP contribution in [-0.2, 0) is 10.2 Å². The van der Waals surface area contributed by atoms with E-state index < -0.39 is 11.4 Å². The zero-order valence-electron chi connectivity index (χ0n) is 14.4. The van der Waals surface area contributed by atoms with Crippen LogP contribution in [0.15, 0.2) is 36.4 Å². The van der Waals surface area contributed by atoms with Crippen LogP contribution in [0.2, 0.25) is 0 Å². The number of fused-ring (bicyclic) bond motifs is 5. The molecule has 2 aromatic rings. The summed E-state index contributed by atoms with van der Waals surface area (Å²) in [7, 11) is 0. The summed E-state index contributed by atoms with van der Waals surface area (Å²) >= 11 is 0. The molecule has 8 heteroatoms. The molecule has 27 heavy (non-hydrogen) atoms. The molecule has 2 aromatic carbocycles. The molecule has 0 saturated carbocycles. The second-order valence-corrected chi connectivity index (χ2v) is 6.66. The molecule has 3 aliphatic heterocycles. The Bertz CT molecular complexity index is 976. The van der Waals surface area contributed by atoms with E-state index >= 15 is 0 Å². The molecule has 0 aromatic heterocycles. The standard InChI is InChI=1S/C19H17N3O5/c20-18(24)21-5-6-22-13-4-2-1-3-11(13)19(17(22)23)9-25-14-8-16-15(7-12(14)19)26-10-27-16/h1-4,7-8H,5-6,9-10H2,(H3,20,21,24). The van der Waals surface area contributed by atoms with Gasteiger partial charge in [-0.05, 0) is 17.7 Å². The van der Waals surface area contributed by atoms with Crippen LogP contribution in [0.5, 0.6) is 17.2 Å². The molecule has 1 unspecified atom stereocenters. The second kappa shape index (κ2) is 5.54. The predicted molar refractivity (Wildman–Crippen MR) is 95.2 cm³/mol. The van der Waals surface area contributed by atoms with Gasteiger partial charge in [0.15, 0.2) is 11.5 Å². The van der Waals surface area contributed by atoms with Gasteiger partial charge in [-0.3, -0.25) is 4.79 Å². The number of nitrogens with one attached hydrogen (secondary N) is 1. The van der Waals surface area contributed by atoms with Gasteiger partial charge in [-0.2, -0.15) is 0 Å². The minimum Gasteiger partial charge on any atom is -0.491 e. The first-order valence-electron chi connectivity index (χ1n) is 8.63. The molecule has 0 radical (unpaired) electrons. The summed E-state index contributed by atoms with van der Waals surface area (Å²) in [4.78, 5) is 26.2. The Balaban J connectivity index is 1.60. The lowest BCUT2D eigenvalue weighted by molar-refractivity contribution is -0.122. The van der Waals surface area contributed by atoms with Gasteiger partial charge in [0.25, 0.3) is 0 Å². The molecular formula is C19H17N3O5. The van der Waals surface area contributed by atoms with Crippen LogP contribution < -0.4 is 30.2 Å². The number of hydrogen-bond donors (Lipinski definition) is 2. The molecule has 3 aliphatic rings. The summed E-state index contributed by atoms with van der Waals surface area (Å²) in [6.45, 7) is 0.947. The number of benzene rings is 2. The van der Waals surface area contributed by atoms with Crippen molar-refractivity contribution in [2.45, 2.75) is 5.41 Å². The number of primary amides is 1. The van der Waals surface area contributed by atoms with Crippen molar-refractivity contribution in [3.63, 3.8) is 0 Å². The normalized spacial score (nSPS) is 21.2. The maximum absolute atomic E-state index is 13.6. The highest BCUT2D eigenvalue weighted by Crippen LogP contribution is 2.54. The molecule has 3 N–H and O–H groups in total.